The predicted octanol–water partition coefficient (Wildman–Crippen LogP) is 2.94. The summed E-state index contributed by atoms with van der Waals surface area (Å²) in [6.07, 6.45) is 0. The molecule has 0 atom stereocenters. The molecule has 0 bridgehead atoms. The van der Waals surface area contributed by atoms with Gasteiger partial charge in [0.15, 0.2) is 0 Å². The summed E-state index contributed by atoms with van der Waals surface area (Å²) in [6, 6.07) is 13.7. The molecule has 0 spiro atoms. The van der Waals surface area contributed by atoms with E-state index < -0.39 is 17.5 Å². The smallest absolute Gasteiger partial charge is 0.257 e. The van der Waals surface area contributed by atoms with Gasteiger partial charge in [0.25, 0.3) is 5.91 Å². The summed E-state index contributed by atoms with van der Waals surface area (Å²) in [5, 5.41) is 11.9. The summed E-state index contributed by atoms with van der Waals surface area (Å²) in [6.45, 7) is 0. The second-order valence-electron chi connectivity index (χ2n) is 4.70. The molecule has 1 amide bonds. The van der Waals surface area contributed by atoms with Crippen LogP contribution in [0.2, 0.25) is 0 Å². The standard InChI is InChI=1S/C17H9FN2O2/c18-11-6-7-14-12(8-11)15(17(22)20-14)13(9-19)16(21)10-4-2-1-3-5-10/h1-8H,(H,20,22)/b15-13-. The van der Waals surface area contributed by atoms with Gasteiger partial charge in [-0.1, -0.05) is 30.3 Å². The van der Waals surface area contributed by atoms with E-state index >= 15 is 0 Å². The number of benzene rings is 2. The molecule has 1 aliphatic rings. The van der Waals surface area contributed by atoms with Crippen LogP contribution < -0.4 is 5.32 Å². The van der Waals surface area contributed by atoms with Crippen LogP contribution in [0.3, 0.4) is 0 Å². The van der Waals surface area contributed by atoms with Gasteiger partial charge in [-0.25, -0.2) is 4.39 Å². The van der Waals surface area contributed by atoms with Gasteiger partial charge in [-0.15, -0.1) is 0 Å². The number of nitrogens with zero attached hydrogens (tertiary/aromatic N) is 1. The Morgan fingerprint density at radius 1 is 1.14 bits per heavy atom. The maximum Gasteiger partial charge on any atom is 0.257 e. The lowest BCUT2D eigenvalue weighted by Gasteiger charge is -2.03. The van der Waals surface area contributed by atoms with E-state index in [2.05, 4.69) is 5.32 Å². The first kappa shape index (κ1) is 13.7. The van der Waals surface area contributed by atoms with E-state index in [1.165, 1.54) is 12.1 Å². The normalized spacial score (nSPS) is 14.8. The van der Waals surface area contributed by atoms with Gasteiger partial charge >= 0.3 is 0 Å². The maximum atomic E-state index is 13.4. The van der Waals surface area contributed by atoms with Gasteiger partial charge in [0.1, 0.15) is 17.5 Å². The molecule has 4 nitrogen and oxygen atoms in total. The third-order valence-corrected chi connectivity index (χ3v) is 3.35. The Balaban J connectivity index is 2.20. The number of allylic oxidation sites excluding steroid dienone is 1. The third kappa shape index (κ3) is 2.17. The number of nitriles is 1. The lowest BCUT2D eigenvalue weighted by molar-refractivity contribution is -0.110. The number of Topliss-reactive ketones (excluding diaryl/α,β-unsaturated/α-hetero) is 1. The van der Waals surface area contributed by atoms with Crippen LogP contribution >= 0.6 is 0 Å². The fourth-order valence-electron chi connectivity index (χ4n) is 2.34. The quantitative estimate of drug-likeness (QED) is 0.525. The topological polar surface area (TPSA) is 70.0 Å². The first-order valence-corrected chi connectivity index (χ1v) is 6.47. The molecule has 106 valence electrons. The summed E-state index contributed by atoms with van der Waals surface area (Å²) in [5.41, 5.74) is 0.518. The molecule has 0 unspecified atom stereocenters. The highest BCUT2D eigenvalue weighted by molar-refractivity contribution is 6.37. The number of hydrogen-bond acceptors (Lipinski definition) is 3. The van der Waals surface area contributed by atoms with Crippen molar-refractivity contribution in [3.8, 4) is 6.07 Å². The summed E-state index contributed by atoms with van der Waals surface area (Å²) in [5.74, 6) is -1.69. The zero-order valence-corrected chi connectivity index (χ0v) is 11.3. The average molecular weight is 292 g/mol. The fraction of sp³-hybridized carbons (Fsp3) is 0. The van der Waals surface area contributed by atoms with Gasteiger partial charge in [0.2, 0.25) is 5.78 Å². The van der Waals surface area contributed by atoms with Gasteiger partial charge < -0.3 is 5.32 Å². The van der Waals surface area contributed by atoms with Crippen LogP contribution in [0.1, 0.15) is 15.9 Å². The van der Waals surface area contributed by atoms with E-state index in [9.17, 15) is 19.2 Å². The van der Waals surface area contributed by atoms with Gasteiger partial charge in [0.05, 0.1) is 5.57 Å². The number of fused-ring (bicyclic) bond motifs is 1. The minimum absolute atomic E-state index is 0.0918. The first-order valence-electron chi connectivity index (χ1n) is 6.47. The molecular weight excluding hydrogens is 283 g/mol. The third-order valence-electron chi connectivity index (χ3n) is 3.35. The number of carbonyl (C=O) groups excluding carboxylic acids is 2. The molecule has 0 saturated carbocycles. The molecule has 2 aromatic carbocycles. The Bertz CT molecular complexity index is 864. The molecule has 1 aliphatic heterocycles. The number of nitrogens with one attached hydrogen (secondary N) is 1. The number of anilines is 1. The van der Waals surface area contributed by atoms with Crippen molar-refractivity contribution in [2.24, 2.45) is 0 Å². The molecular formula is C17H9FN2O2. The van der Waals surface area contributed by atoms with E-state index in [0.717, 1.165) is 6.07 Å². The molecule has 0 aliphatic carbocycles. The second-order valence-corrected chi connectivity index (χ2v) is 4.70. The lowest BCUT2D eigenvalue weighted by Crippen LogP contribution is -2.11. The van der Waals surface area contributed by atoms with Crippen molar-refractivity contribution in [2.45, 2.75) is 0 Å². The summed E-state index contributed by atoms with van der Waals surface area (Å²) < 4.78 is 13.4. The van der Waals surface area contributed by atoms with Crippen molar-refractivity contribution in [1.82, 2.24) is 0 Å². The highest BCUT2D eigenvalue weighted by Gasteiger charge is 2.31. The summed E-state index contributed by atoms with van der Waals surface area (Å²) in [7, 11) is 0. The molecule has 1 N–H and O–H groups in total. The highest BCUT2D eigenvalue weighted by atomic mass is 19.1. The number of amides is 1. The van der Waals surface area contributed by atoms with Crippen molar-refractivity contribution >= 4 is 23.0 Å². The summed E-state index contributed by atoms with van der Waals surface area (Å²) >= 11 is 0. The van der Waals surface area contributed by atoms with Crippen LogP contribution in [0.4, 0.5) is 10.1 Å². The van der Waals surface area contributed by atoms with Crippen LogP contribution in [-0.2, 0) is 4.79 Å². The van der Waals surface area contributed by atoms with Gasteiger partial charge in [-0.05, 0) is 18.2 Å². The van der Waals surface area contributed by atoms with Gasteiger partial charge in [0, 0.05) is 16.8 Å². The molecule has 0 aromatic heterocycles. The molecule has 3 rings (SSSR count). The zero-order valence-electron chi connectivity index (χ0n) is 11.3. The highest BCUT2D eigenvalue weighted by Crippen LogP contribution is 2.35. The molecule has 0 radical (unpaired) electrons. The maximum absolute atomic E-state index is 13.4. The second kappa shape index (κ2) is 5.26. The van der Waals surface area contributed by atoms with Crippen molar-refractivity contribution in [3.63, 3.8) is 0 Å². The molecule has 1 heterocycles. The van der Waals surface area contributed by atoms with Crippen molar-refractivity contribution in [1.29, 1.82) is 5.26 Å². The molecule has 0 saturated heterocycles. The number of rotatable bonds is 2. The lowest BCUT2D eigenvalue weighted by atomic mass is 9.95. The van der Waals surface area contributed by atoms with E-state index in [1.54, 1.807) is 36.4 Å². The Kier molecular flexibility index (Phi) is 3.28. The van der Waals surface area contributed by atoms with Crippen LogP contribution in [-0.4, -0.2) is 11.7 Å². The van der Waals surface area contributed by atoms with Gasteiger partial charge in [-0.3, -0.25) is 9.59 Å². The van der Waals surface area contributed by atoms with Crippen molar-refractivity contribution < 1.29 is 14.0 Å². The molecule has 0 fully saturated rings. The van der Waals surface area contributed by atoms with Crippen LogP contribution in [0.25, 0.3) is 5.57 Å². The van der Waals surface area contributed by atoms with E-state index in [1.807, 2.05) is 0 Å². The SMILES string of the molecule is N#C/C(C(=O)c1ccccc1)=C1/C(=O)Nc2ccc(F)cc21. The number of hydrogen-bond donors (Lipinski definition) is 1. The minimum Gasteiger partial charge on any atom is -0.321 e. The largest absolute Gasteiger partial charge is 0.321 e. The first-order chi connectivity index (χ1) is 10.6. The van der Waals surface area contributed by atoms with Crippen molar-refractivity contribution in [2.75, 3.05) is 5.32 Å². The Morgan fingerprint density at radius 3 is 2.55 bits per heavy atom. The number of ketones is 1. The fourth-order valence-corrected chi connectivity index (χ4v) is 2.34. The monoisotopic (exact) mass is 292 g/mol. The van der Waals surface area contributed by atoms with Crippen LogP contribution in [0, 0.1) is 17.1 Å². The Morgan fingerprint density at radius 2 is 1.86 bits per heavy atom. The van der Waals surface area contributed by atoms with E-state index in [0.29, 0.717) is 11.3 Å². The minimum atomic E-state index is -0.582. The molecule has 2 aromatic rings. The number of halogens is 1. The van der Waals surface area contributed by atoms with Crippen LogP contribution in [0.15, 0.2) is 54.1 Å². The zero-order chi connectivity index (χ0) is 15.7. The Hall–Kier alpha value is -3.26. The average Bonchev–Trinajstić information content (AvgIpc) is 2.85. The summed E-state index contributed by atoms with van der Waals surface area (Å²) in [4.78, 5) is 24.5. The predicted molar refractivity (Wildman–Crippen MR) is 78.3 cm³/mol. The Labute approximate surface area is 125 Å². The van der Waals surface area contributed by atoms with Crippen LogP contribution in [0.5, 0.6) is 0 Å². The van der Waals surface area contributed by atoms with E-state index in [4.69, 9.17) is 0 Å². The molecule has 22 heavy (non-hydrogen) atoms. The molecule has 5 heteroatoms. The van der Waals surface area contributed by atoms with Gasteiger partial charge in [-0.2, -0.15) is 5.26 Å². The number of carbonyl (C=O) groups is 2. The van der Waals surface area contributed by atoms with Crippen molar-refractivity contribution in [3.05, 3.63) is 71.0 Å². The van der Waals surface area contributed by atoms with E-state index in [-0.39, 0.29) is 16.7 Å².